The standard InChI is InChI=1S/C17H16Cl2N2O3/c1-3-12-14(17(22)23-4-2)13(10(8-20)16(21)24-12)9-6-5-7-11(18)15(9)19/h5-7,13H,3-4,21H2,1-2H3/t13-/m1/s1. The van der Waals surface area contributed by atoms with Crippen LogP contribution < -0.4 is 5.73 Å². The molecule has 2 N–H and O–H groups in total. The number of rotatable bonds is 4. The summed E-state index contributed by atoms with van der Waals surface area (Å²) in [5.74, 6) is -1.06. The van der Waals surface area contributed by atoms with Gasteiger partial charge in [0, 0.05) is 6.42 Å². The second kappa shape index (κ2) is 7.61. The maximum atomic E-state index is 12.5. The van der Waals surface area contributed by atoms with Crippen LogP contribution in [0.2, 0.25) is 10.0 Å². The first kappa shape index (κ1) is 18.2. The Morgan fingerprint density at radius 2 is 2.12 bits per heavy atom. The van der Waals surface area contributed by atoms with Crippen LogP contribution in [0.4, 0.5) is 0 Å². The lowest BCUT2D eigenvalue weighted by Crippen LogP contribution is -2.26. The summed E-state index contributed by atoms with van der Waals surface area (Å²) >= 11 is 12.4. The summed E-state index contributed by atoms with van der Waals surface area (Å²) < 4.78 is 10.6. The molecule has 0 spiro atoms. The van der Waals surface area contributed by atoms with Crippen molar-refractivity contribution in [3.63, 3.8) is 0 Å². The van der Waals surface area contributed by atoms with Crippen LogP contribution in [0, 0.1) is 11.3 Å². The molecular weight excluding hydrogens is 351 g/mol. The minimum atomic E-state index is -0.788. The third-order valence-electron chi connectivity index (χ3n) is 3.61. The van der Waals surface area contributed by atoms with Crippen molar-refractivity contribution in [2.24, 2.45) is 5.73 Å². The van der Waals surface area contributed by atoms with E-state index in [4.69, 9.17) is 38.4 Å². The van der Waals surface area contributed by atoms with E-state index in [1.54, 1.807) is 25.1 Å². The Labute approximate surface area is 150 Å². The summed E-state index contributed by atoms with van der Waals surface area (Å²) in [6.07, 6.45) is 0.405. The SMILES string of the molecule is CCOC(=O)C1=C(CC)OC(N)=C(C#N)[C@H]1c1cccc(Cl)c1Cl. The summed E-state index contributed by atoms with van der Waals surface area (Å²) in [7, 11) is 0. The first-order chi connectivity index (χ1) is 11.5. The first-order valence-electron chi connectivity index (χ1n) is 7.37. The van der Waals surface area contributed by atoms with E-state index in [0.717, 1.165) is 0 Å². The van der Waals surface area contributed by atoms with Crippen molar-refractivity contribution in [1.29, 1.82) is 5.26 Å². The van der Waals surface area contributed by atoms with Gasteiger partial charge < -0.3 is 15.2 Å². The van der Waals surface area contributed by atoms with Crippen LogP contribution in [-0.4, -0.2) is 12.6 Å². The molecule has 0 saturated heterocycles. The predicted octanol–water partition coefficient (Wildman–Crippen LogP) is 4.03. The molecule has 24 heavy (non-hydrogen) atoms. The third-order valence-corrected chi connectivity index (χ3v) is 4.44. The zero-order valence-electron chi connectivity index (χ0n) is 13.2. The summed E-state index contributed by atoms with van der Waals surface area (Å²) in [4.78, 5) is 12.5. The van der Waals surface area contributed by atoms with Crippen molar-refractivity contribution in [3.05, 3.63) is 56.6 Å². The number of halogens is 2. The number of hydrogen-bond donors (Lipinski definition) is 1. The molecule has 2 rings (SSSR count). The Hall–Kier alpha value is -2.16. The number of esters is 1. The van der Waals surface area contributed by atoms with Crippen LogP contribution in [0.3, 0.4) is 0 Å². The second-order valence-electron chi connectivity index (χ2n) is 4.98. The molecule has 0 unspecified atom stereocenters. The molecule has 0 aliphatic carbocycles. The van der Waals surface area contributed by atoms with Crippen molar-refractivity contribution in [2.75, 3.05) is 6.61 Å². The largest absolute Gasteiger partial charge is 0.463 e. The topological polar surface area (TPSA) is 85.3 Å². The summed E-state index contributed by atoms with van der Waals surface area (Å²) in [5, 5.41) is 10.1. The maximum Gasteiger partial charge on any atom is 0.338 e. The molecule has 5 nitrogen and oxygen atoms in total. The summed E-state index contributed by atoms with van der Waals surface area (Å²) in [6.45, 7) is 3.71. The number of benzene rings is 1. The summed E-state index contributed by atoms with van der Waals surface area (Å²) in [6, 6.07) is 7.02. The summed E-state index contributed by atoms with van der Waals surface area (Å²) in [5.41, 5.74) is 6.69. The Morgan fingerprint density at radius 3 is 2.71 bits per heavy atom. The second-order valence-corrected chi connectivity index (χ2v) is 5.76. The molecule has 1 aliphatic rings. The van der Waals surface area contributed by atoms with Crippen LogP contribution >= 0.6 is 23.2 Å². The van der Waals surface area contributed by atoms with E-state index >= 15 is 0 Å². The van der Waals surface area contributed by atoms with Gasteiger partial charge in [-0.2, -0.15) is 5.26 Å². The molecule has 1 heterocycles. The van der Waals surface area contributed by atoms with Gasteiger partial charge in [0.05, 0.1) is 28.1 Å². The number of ether oxygens (including phenoxy) is 2. The molecule has 126 valence electrons. The first-order valence-corrected chi connectivity index (χ1v) is 8.13. The molecule has 0 bridgehead atoms. The van der Waals surface area contributed by atoms with Crippen LogP contribution in [0.1, 0.15) is 31.7 Å². The van der Waals surface area contributed by atoms with Gasteiger partial charge in [0.25, 0.3) is 0 Å². The van der Waals surface area contributed by atoms with Crippen LogP contribution in [0.15, 0.2) is 41.0 Å². The highest BCUT2D eigenvalue weighted by molar-refractivity contribution is 6.42. The smallest absolute Gasteiger partial charge is 0.338 e. The van der Waals surface area contributed by atoms with Gasteiger partial charge in [0.15, 0.2) is 0 Å². The Kier molecular flexibility index (Phi) is 5.76. The van der Waals surface area contributed by atoms with E-state index in [9.17, 15) is 10.1 Å². The number of hydrogen-bond acceptors (Lipinski definition) is 5. The normalized spacial score (nSPS) is 17.4. The van der Waals surface area contributed by atoms with Crippen molar-refractivity contribution in [3.8, 4) is 6.07 Å². The van der Waals surface area contributed by atoms with Crippen molar-refractivity contribution in [1.82, 2.24) is 0 Å². The van der Waals surface area contributed by atoms with E-state index in [0.29, 0.717) is 22.8 Å². The molecule has 7 heteroatoms. The van der Waals surface area contributed by atoms with E-state index in [1.807, 2.05) is 13.0 Å². The highest BCUT2D eigenvalue weighted by Crippen LogP contribution is 2.44. The van der Waals surface area contributed by atoms with Gasteiger partial charge >= 0.3 is 5.97 Å². The molecule has 0 fully saturated rings. The van der Waals surface area contributed by atoms with Gasteiger partial charge in [0.2, 0.25) is 5.88 Å². The Bertz CT molecular complexity index is 779. The highest BCUT2D eigenvalue weighted by Gasteiger charge is 2.38. The number of nitriles is 1. The fraction of sp³-hybridized carbons (Fsp3) is 0.294. The fourth-order valence-electron chi connectivity index (χ4n) is 2.57. The van der Waals surface area contributed by atoms with Gasteiger partial charge in [-0.25, -0.2) is 4.79 Å². The minimum Gasteiger partial charge on any atom is -0.463 e. The van der Waals surface area contributed by atoms with Crippen molar-refractivity contribution < 1.29 is 14.3 Å². The molecule has 0 aromatic heterocycles. The van der Waals surface area contributed by atoms with Gasteiger partial charge in [-0.15, -0.1) is 0 Å². The number of carbonyl (C=O) groups excluding carboxylic acids is 1. The zero-order chi connectivity index (χ0) is 17.9. The predicted molar refractivity (Wildman–Crippen MR) is 91.1 cm³/mol. The van der Waals surface area contributed by atoms with Crippen molar-refractivity contribution in [2.45, 2.75) is 26.2 Å². The Morgan fingerprint density at radius 1 is 1.42 bits per heavy atom. The molecule has 1 aromatic rings. The number of nitrogens with two attached hydrogens (primary N) is 1. The van der Waals surface area contributed by atoms with Gasteiger partial charge in [-0.05, 0) is 18.6 Å². The van der Waals surface area contributed by atoms with E-state index in [2.05, 4.69) is 0 Å². The van der Waals surface area contributed by atoms with Gasteiger partial charge in [-0.3, -0.25) is 0 Å². The van der Waals surface area contributed by atoms with Crippen molar-refractivity contribution >= 4 is 29.2 Å². The van der Waals surface area contributed by atoms with Crippen LogP contribution in [-0.2, 0) is 14.3 Å². The van der Waals surface area contributed by atoms with E-state index < -0.39 is 11.9 Å². The molecule has 0 saturated carbocycles. The quantitative estimate of drug-likeness (QED) is 0.812. The maximum absolute atomic E-state index is 12.5. The average molecular weight is 367 g/mol. The molecule has 1 aliphatic heterocycles. The molecule has 0 radical (unpaired) electrons. The van der Waals surface area contributed by atoms with Gasteiger partial charge in [-0.1, -0.05) is 42.3 Å². The van der Waals surface area contributed by atoms with Gasteiger partial charge in [0.1, 0.15) is 17.4 Å². The average Bonchev–Trinajstić information content (AvgIpc) is 2.56. The molecule has 0 amide bonds. The third kappa shape index (κ3) is 3.21. The zero-order valence-corrected chi connectivity index (χ0v) is 14.7. The van der Waals surface area contributed by atoms with Crippen LogP contribution in [0.5, 0.6) is 0 Å². The lowest BCUT2D eigenvalue weighted by atomic mass is 9.82. The number of nitrogens with zero attached hydrogens (tertiary/aromatic N) is 1. The number of allylic oxidation sites excluding steroid dienone is 2. The molecule has 1 atom stereocenters. The lowest BCUT2D eigenvalue weighted by Gasteiger charge is -2.28. The molecular formula is C17H16Cl2N2O3. The number of carbonyl (C=O) groups is 1. The minimum absolute atomic E-state index is 0.0524. The van der Waals surface area contributed by atoms with E-state index in [-0.39, 0.29) is 28.7 Å². The monoisotopic (exact) mass is 366 g/mol. The van der Waals surface area contributed by atoms with Crippen LogP contribution in [0.25, 0.3) is 0 Å². The highest BCUT2D eigenvalue weighted by atomic mass is 35.5. The lowest BCUT2D eigenvalue weighted by molar-refractivity contribution is -0.139. The Balaban J connectivity index is 2.73. The van der Waals surface area contributed by atoms with E-state index in [1.165, 1.54) is 0 Å². The molecule has 1 aromatic carbocycles. The fourth-order valence-corrected chi connectivity index (χ4v) is 2.98.